The van der Waals surface area contributed by atoms with Gasteiger partial charge in [-0.1, -0.05) is 104 Å². The van der Waals surface area contributed by atoms with Crippen LogP contribution in [0.4, 0.5) is 0 Å². The van der Waals surface area contributed by atoms with Crippen molar-refractivity contribution in [3.05, 3.63) is 0 Å². The van der Waals surface area contributed by atoms with Crippen molar-refractivity contribution < 1.29 is 19.4 Å². The van der Waals surface area contributed by atoms with Gasteiger partial charge in [0.15, 0.2) is 0 Å². The first-order chi connectivity index (χ1) is 15.6. The van der Waals surface area contributed by atoms with E-state index in [4.69, 9.17) is 4.74 Å². The Hall–Kier alpha value is -1.06. The molecule has 0 aromatic rings. The fourth-order valence-electron chi connectivity index (χ4n) is 4.99. The smallest absolute Gasteiger partial charge is 0.309 e. The molecule has 0 spiro atoms. The minimum Gasteiger partial charge on any atom is -0.481 e. The highest BCUT2D eigenvalue weighted by Gasteiger charge is 2.32. The van der Waals surface area contributed by atoms with E-state index in [0.717, 1.165) is 38.5 Å². The molecule has 3 unspecified atom stereocenters. The number of carboxylic acid groups (broad SMARTS) is 1. The van der Waals surface area contributed by atoms with Crippen LogP contribution in [0.15, 0.2) is 0 Å². The fourth-order valence-corrected chi connectivity index (χ4v) is 4.99. The third-order valence-corrected chi connectivity index (χ3v) is 7.15. The quantitative estimate of drug-likeness (QED) is 0.149. The van der Waals surface area contributed by atoms with Crippen molar-refractivity contribution in [2.45, 2.75) is 155 Å². The summed E-state index contributed by atoms with van der Waals surface area (Å²) in [7, 11) is 0. The van der Waals surface area contributed by atoms with Crippen LogP contribution in [0, 0.1) is 11.8 Å². The Morgan fingerprint density at radius 1 is 0.719 bits per heavy atom. The van der Waals surface area contributed by atoms with Crippen molar-refractivity contribution in [1.82, 2.24) is 0 Å². The lowest BCUT2D eigenvalue weighted by atomic mass is 9.81. The highest BCUT2D eigenvalue weighted by molar-refractivity contribution is 5.75. The maximum absolute atomic E-state index is 12.8. The van der Waals surface area contributed by atoms with Crippen molar-refractivity contribution in [3.63, 3.8) is 0 Å². The number of carboxylic acids is 1. The molecule has 0 saturated heterocycles. The first-order valence-corrected chi connectivity index (χ1v) is 14.0. The molecule has 0 aromatic carbocycles. The van der Waals surface area contributed by atoms with Gasteiger partial charge in [0.1, 0.15) is 6.10 Å². The summed E-state index contributed by atoms with van der Waals surface area (Å²) in [6.07, 6.45) is 23.9. The summed E-state index contributed by atoms with van der Waals surface area (Å²) in [5, 5.41) is 9.32. The van der Waals surface area contributed by atoms with E-state index >= 15 is 0 Å². The van der Waals surface area contributed by atoms with Crippen LogP contribution in [0.3, 0.4) is 0 Å². The Bertz CT molecular complexity index is 476. The molecule has 0 aliphatic heterocycles. The summed E-state index contributed by atoms with van der Waals surface area (Å²) >= 11 is 0. The van der Waals surface area contributed by atoms with Gasteiger partial charge in [0, 0.05) is 0 Å². The van der Waals surface area contributed by atoms with E-state index in [1.165, 1.54) is 83.5 Å². The number of rotatable bonds is 20. The van der Waals surface area contributed by atoms with E-state index in [1.54, 1.807) is 0 Å². The number of hydrogen-bond acceptors (Lipinski definition) is 3. The maximum atomic E-state index is 12.8. The Morgan fingerprint density at radius 2 is 1.16 bits per heavy atom. The van der Waals surface area contributed by atoms with E-state index in [0.29, 0.717) is 12.8 Å². The number of unbranched alkanes of at least 4 members (excludes halogenated alkanes) is 13. The second-order valence-electron chi connectivity index (χ2n) is 10.1. The van der Waals surface area contributed by atoms with Gasteiger partial charge in [-0.2, -0.15) is 0 Å². The Labute approximate surface area is 198 Å². The van der Waals surface area contributed by atoms with Crippen LogP contribution in [0.5, 0.6) is 0 Å². The van der Waals surface area contributed by atoms with E-state index in [1.807, 2.05) is 0 Å². The van der Waals surface area contributed by atoms with Crippen molar-refractivity contribution in [2.24, 2.45) is 11.8 Å². The third-order valence-electron chi connectivity index (χ3n) is 7.15. The molecule has 4 nitrogen and oxygen atoms in total. The number of ether oxygens (including phenoxy) is 1. The first kappa shape index (κ1) is 29.0. The van der Waals surface area contributed by atoms with Crippen LogP contribution in [0.25, 0.3) is 0 Å². The molecule has 1 rings (SSSR count). The van der Waals surface area contributed by atoms with Crippen LogP contribution in [0.2, 0.25) is 0 Å². The van der Waals surface area contributed by atoms with Gasteiger partial charge in [0.25, 0.3) is 0 Å². The van der Waals surface area contributed by atoms with E-state index in [9.17, 15) is 14.7 Å². The number of carbonyl (C=O) groups excluding carboxylic acids is 1. The Kier molecular flexibility index (Phi) is 17.6. The standard InChI is InChI=1S/C28H52O4/c1-3-5-7-9-11-12-13-15-17-22-26(21-16-14-10-8-6-4-2)32-28(31)25-20-18-19-24(23-25)27(29)30/h24-26H,3-23H2,1-2H3,(H,29,30). The topological polar surface area (TPSA) is 63.6 Å². The monoisotopic (exact) mass is 452 g/mol. The largest absolute Gasteiger partial charge is 0.481 e. The third kappa shape index (κ3) is 14.2. The summed E-state index contributed by atoms with van der Waals surface area (Å²) in [4.78, 5) is 24.1. The maximum Gasteiger partial charge on any atom is 0.309 e. The number of aliphatic carboxylic acids is 1. The van der Waals surface area contributed by atoms with E-state index in [-0.39, 0.29) is 23.9 Å². The van der Waals surface area contributed by atoms with Crippen LogP contribution in [-0.4, -0.2) is 23.1 Å². The van der Waals surface area contributed by atoms with Crippen LogP contribution < -0.4 is 0 Å². The molecular weight excluding hydrogens is 400 g/mol. The second kappa shape index (κ2) is 19.4. The summed E-state index contributed by atoms with van der Waals surface area (Å²) in [6, 6.07) is 0. The zero-order chi connectivity index (χ0) is 23.4. The summed E-state index contributed by atoms with van der Waals surface area (Å²) in [6.45, 7) is 4.49. The van der Waals surface area contributed by atoms with Crippen LogP contribution in [0.1, 0.15) is 149 Å². The molecule has 0 radical (unpaired) electrons. The number of esters is 1. The zero-order valence-corrected chi connectivity index (χ0v) is 21.3. The van der Waals surface area contributed by atoms with Gasteiger partial charge in [-0.25, -0.2) is 0 Å². The highest BCUT2D eigenvalue weighted by atomic mass is 16.5. The highest BCUT2D eigenvalue weighted by Crippen LogP contribution is 2.31. The van der Waals surface area contributed by atoms with Gasteiger partial charge >= 0.3 is 11.9 Å². The summed E-state index contributed by atoms with van der Waals surface area (Å²) in [5.41, 5.74) is 0. The minimum atomic E-state index is -0.763. The predicted molar refractivity (Wildman–Crippen MR) is 133 cm³/mol. The molecule has 188 valence electrons. The van der Waals surface area contributed by atoms with E-state index in [2.05, 4.69) is 13.8 Å². The molecule has 1 fully saturated rings. The molecule has 4 heteroatoms. The normalized spacial score (nSPS) is 19.6. The SMILES string of the molecule is CCCCCCCCCCCC(CCCCCCCC)OC(=O)C1CCCC(C(=O)O)C1. The lowest BCUT2D eigenvalue weighted by molar-refractivity contribution is -0.158. The average molecular weight is 453 g/mol. The Morgan fingerprint density at radius 3 is 1.62 bits per heavy atom. The molecular formula is C28H52O4. The lowest BCUT2D eigenvalue weighted by Crippen LogP contribution is -2.31. The summed E-state index contributed by atoms with van der Waals surface area (Å²) < 4.78 is 5.99. The van der Waals surface area contributed by atoms with Crippen molar-refractivity contribution >= 4 is 11.9 Å². The molecule has 3 atom stereocenters. The van der Waals surface area contributed by atoms with Gasteiger partial charge in [0.05, 0.1) is 11.8 Å². The molecule has 1 aliphatic rings. The van der Waals surface area contributed by atoms with Gasteiger partial charge < -0.3 is 9.84 Å². The second-order valence-corrected chi connectivity index (χ2v) is 10.1. The fraction of sp³-hybridized carbons (Fsp3) is 0.929. The molecule has 1 aliphatic carbocycles. The first-order valence-electron chi connectivity index (χ1n) is 14.0. The lowest BCUT2D eigenvalue weighted by Gasteiger charge is -2.27. The van der Waals surface area contributed by atoms with Gasteiger partial charge in [-0.05, 0) is 44.9 Å². The molecule has 0 heterocycles. The number of carbonyl (C=O) groups is 2. The predicted octanol–water partition coefficient (Wildman–Crippen LogP) is 8.46. The molecule has 32 heavy (non-hydrogen) atoms. The average Bonchev–Trinajstić information content (AvgIpc) is 2.80. The molecule has 0 aromatic heterocycles. The summed E-state index contributed by atoms with van der Waals surface area (Å²) in [5.74, 6) is -1.50. The Balaban J connectivity index is 2.35. The van der Waals surface area contributed by atoms with Gasteiger partial charge in [0.2, 0.25) is 0 Å². The van der Waals surface area contributed by atoms with Crippen LogP contribution in [-0.2, 0) is 14.3 Å². The van der Waals surface area contributed by atoms with Crippen molar-refractivity contribution in [3.8, 4) is 0 Å². The molecule has 1 N–H and O–H groups in total. The molecule has 1 saturated carbocycles. The van der Waals surface area contributed by atoms with Gasteiger partial charge in [-0.3, -0.25) is 9.59 Å². The molecule has 0 amide bonds. The zero-order valence-electron chi connectivity index (χ0n) is 21.3. The number of hydrogen-bond donors (Lipinski definition) is 1. The van der Waals surface area contributed by atoms with Gasteiger partial charge in [-0.15, -0.1) is 0 Å². The van der Waals surface area contributed by atoms with Crippen LogP contribution >= 0.6 is 0 Å². The minimum absolute atomic E-state index is 0.0171. The van der Waals surface area contributed by atoms with Crippen molar-refractivity contribution in [2.75, 3.05) is 0 Å². The van der Waals surface area contributed by atoms with Crippen molar-refractivity contribution in [1.29, 1.82) is 0 Å². The molecule has 0 bridgehead atoms. The van der Waals surface area contributed by atoms with E-state index < -0.39 is 5.97 Å².